The molecule has 4 rings (SSSR count). The summed E-state index contributed by atoms with van der Waals surface area (Å²) in [6, 6.07) is 15.2. The Morgan fingerprint density at radius 1 is 1.17 bits per heavy atom. The largest absolute Gasteiger partial charge is 0.481 e. The number of hydrogen-bond donors (Lipinski definition) is 3. The lowest BCUT2D eigenvalue weighted by atomic mass is 9.84. The van der Waals surface area contributed by atoms with E-state index in [0.29, 0.717) is 25.5 Å². The standard InChI is InChI=1S/C26H28N2O8/c1-16(26(34,25(32)33)13-22(29)30)24(31)28-12-4-5-19(14-28)35-15-17-8-10-18(11-9-17)23-27-20-6-2-3-7-21(20)36-23/h2-3,6-11,16,19,34H,4-5,12-15H2,1H3,(H,29,30)(H,32,33). The van der Waals surface area contributed by atoms with Gasteiger partial charge in [-0.25, -0.2) is 9.78 Å². The lowest BCUT2D eigenvalue weighted by Crippen LogP contribution is -2.55. The summed E-state index contributed by atoms with van der Waals surface area (Å²) in [5.74, 6) is -4.75. The number of aliphatic carboxylic acids is 2. The smallest absolute Gasteiger partial charge is 0.337 e. The van der Waals surface area contributed by atoms with Crippen molar-refractivity contribution in [1.29, 1.82) is 0 Å². The van der Waals surface area contributed by atoms with Crippen molar-refractivity contribution in [2.24, 2.45) is 5.92 Å². The predicted molar refractivity (Wildman–Crippen MR) is 128 cm³/mol. The number of para-hydroxylation sites is 2. The molecule has 0 aliphatic carbocycles. The number of oxazole rings is 1. The highest BCUT2D eigenvalue weighted by Crippen LogP contribution is 2.27. The van der Waals surface area contributed by atoms with E-state index in [0.717, 1.165) is 28.6 Å². The second-order valence-corrected chi connectivity index (χ2v) is 9.06. The molecule has 36 heavy (non-hydrogen) atoms. The van der Waals surface area contributed by atoms with Crippen LogP contribution in [0.1, 0.15) is 31.7 Å². The quantitative estimate of drug-likeness (QED) is 0.406. The summed E-state index contributed by atoms with van der Waals surface area (Å²) in [7, 11) is 0. The van der Waals surface area contributed by atoms with E-state index in [1.54, 1.807) is 0 Å². The fraction of sp³-hybridized carbons (Fsp3) is 0.385. The van der Waals surface area contributed by atoms with Crippen molar-refractivity contribution in [3.05, 3.63) is 54.1 Å². The van der Waals surface area contributed by atoms with Crippen molar-refractivity contribution >= 4 is 28.9 Å². The summed E-state index contributed by atoms with van der Waals surface area (Å²) in [6.45, 7) is 2.16. The van der Waals surface area contributed by atoms with Gasteiger partial charge in [0, 0.05) is 18.7 Å². The van der Waals surface area contributed by atoms with Crippen LogP contribution in [0.5, 0.6) is 0 Å². The first-order valence-corrected chi connectivity index (χ1v) is 11.7. The molecule has 2 aromatic carbocycles. The summed E-state index contributed by atoms with van der Waals surface area (Å²) in [5.41, 5.74) is 0.581. The van der Waals surface area contributed by atoms with Crippen LogP contribution in [-0.2, 0) is 25.7 Å². The van der Waals surface area contributed by atoms with Crippen molar-refractivity contribution in [2.75, 3.05) is 13.1 Å². The second kappa shape index (κ2) is 10.5. The van der Waals surface area contributed by atoms with Crippen molar-refractivity contribution in [2.45, 2.75) is 44.5 Å². The molecule has 1 saturated heterocycles. The van der Waals surface area contributed by atoms with Gasteiger partial charge in [-0.15, -0.1) is 0 Å². The first kappa shape index (κ1) is 25.3. The molecule has 1 aromatic heterocycles. The molecule has 3 unspecified atom stereocenters. The minimum absolute atomic E-state index is 0.229. The van der Waals surface area contributed by atoms with E-state index in [1.165, 1.54) is 11.8 Å². The van der Waals surface area contributed by atoms with E-state index in [9.17, 15) is 24.6 Å². The van der Waals surface area contributed by atoms with Crippen molar-refractivity contribution in [1.82, 2.24) is 9.88 Å². The zero-order valence-electron chi connectivity index (χ0n) is 19.8. The fourth-order valence-electron chi connectivity index (χ4n) is 4.35. The Morgan fingerprint density at radius 2 is 1.89 bits per heavy atom. The van der Waals surface area contributed by atoms with E-state index in [2.05, 4.69) is 4.98 Å². The molecule has 0 bridgehead atoms. The third-order valence-electron chi connectivity index (χ3n) is 6.55. The SMILES string of the molecule is CC(C(=O)N1CCCC(OCc2ccc(-c3nc4ccccc4o3)cc2)C1)C(O)(CC(=O)O)C(=O)O. The number of benzene rings is 2. The van der Waals surface area contributed by atoms with Crippen LogP contribution >= 0.6 is 0 Å². The van der Waals surface area contributed by atoms with Crippen molar-refractivity contribution in [3.63, 3.8) is 0 Å². The lowest BCUT2D eigenvalue weighted by molar-refractivity contribution is -0.176. The molecule has 10 heteroatoms. The molecule has 3 N–H and O–H groups in total. The van der Waals surface area contributed by atoms with Gasteiger partial charge in [0.05, 0.1) is 25.0 Å². The monoisotopic (exact) mass is 496 g/mol. The predicted octanol–water partition coefficient (Wildman–Crippen LogP) is 2.93. The number of aromatic nitrogens is 1. The number of carbonyl (C=O) groups excluding carboxylic acids is 1. The molecule has 0 saturated carbocycles. The van der Waals surface area contributed by atoms with Gasteiger partial charge in [-0.3, -0.25) is 9.59 Å². The van der Waals surface area contributed by atoms with Crippen LogP contribution in [0.15, 0.2) is 52.9 Å². The van der Waals surface area contributed by atoms with E-state index < -0.39 is 35.8 Å². The number of fused-ring (bicyclic) bond motifs is 1. The van der Waals surface area contributed by atoms with Crippen molar-refractivity contribution < 1.29 is 38.9 Å². The van der Waals surface area contributed by atoms with Crippen LogP contribution in [0.4, 0.5) is 0 Å². The van der Waals surface area contributed by atoms with Gasteiger partial charge in [-0.05, 0) is 42.7 Å². The first-order valence-electron chi connectivity index (χ1n) is 11.7. The zero-order valence-corrected chi connectivity index (χ0v) is 19.8. The average molecular weight is 497 g/mol. The number of piperidine rings is 1. The number of ether oxygens (including phenoxy) is 1. The molecule has 3 atom stereocenters. The molecular weight excluding hydrogens is 468 g/mol. The van der Waals surface area contributed by atoms with Gasteiger partial charge in [-0.1, -0.05) is 31.2 Å². The number of nitrogens with zero attached hydrogens (tertiary/aromatic N) is 2. The summed E-state index contributed by atoms with van der Waals surface area (Å²) in [6.07, 6.45) is 0.0218. The Balaban J connectivity index is 1.35. The maximum atomic E-state index is 12.9. The Labute approximate surface area is 207 Å². The molecular formula is C26H28N2O8. The molecule has 10 nitrogen and oxygen atoms in total. The van der Waals surface area contributed by atoms with Gasteiger partial charge in [0.15, 0.2) is 11.2 Å². The normalized spacial score (nSPS) is 18.5. The Hall–Kier alpha value is -3.76. The fourth-order valence-corrected chi connectivity index (χ4v) is 4.35. The van der Waals surface area contributed by atoms with Crippen molar-refractivity contribution in [3.8, 4) is 11.5 Å². The number of amides is 1. The number of carbonyl (C=O) groups is 3. The molecule has 1 amide bonds. The number of rotatable bonds is 9. The topological polar surface area (TPSA) is 150 Å². The third kappa shape index (κ3) is 5.39. The molecule has 1 aliphatic rings. The minimum atomic E-state index is -2.69. The lowest BCUT2D eigenvalue weighted by Gasteiger charge is -2.37. The zero-order chi connectivity index (χ0) is 25.9. The Morgan fingerprint density at radius 3 is 2.56 bits per heavy atom. The van der Waals surface area contributed by atoms with E-state index >= 15 is 0 Å². The maximum absolute atomic E-state index is 12.9. The second-order valence-electron chi connectivity index (χ2n) is 9.06. The molecule has 190 valence electrons. The first-order chi connectivity index (χ1) is 17.2. The third-order valence-corrected chi connectivity index (χ3v) is 6.55. The maximum Gasteiger partial charge on any atom is 0.337 e. The van der Waals surface area contributed by atoms with Crippen LogP contribution < -0.4 is 0 Å². The number of carboxylic acids is 2. The van der Waals surface area contributed by atoms with E-state index in [4.69, 9.17) is 14.3 Å². The molecule has 3 aromatic rings. The highest BCUT2D eigenvalue weighted by molar-refractivity contribution is 5.91. The van der Waals surface area contributed by atoms with E-state index in [1.807, 2.05) is 48.5 Å². The van der Waals surface area contributed by atoms with Gasteiger partial charge in [0.1, 0.15) is 5.52 Å². The molecule has 1 aliphatic heterocycles. The van der Waals surface area contributed by atoms with Gasteiger partial charge in [0.25, 0.3) is 0 Å². The average Bonchev–Trinajstić information content (AvgIpc) is 3.31. The summed E-state index contributed by atoms with van der Waals surface area (Å²) in [4.78, 5) is 41.5. The van der Waals surface area contributed by atoms with Crippen LogP contribution in [0, 0.1) is 5.92 Å². The Kier molecular flexibility index (Phi) is 7.37. The Bertz CT molecular complexity index is 1220. The van der Waals surface area contributed by atoms with Crippen LogP contribution in [0.2, 0.25) is 0 Å². The summed E-state index contributed by atoms with van der Waals surface area (Å²) < 4.78 is 11.8. The van der Waals surface area contributed by atoms with Gasteiger partial charge >= 0.3 is 11.9 Å². The summed E-state index contributed by atoms with van der Waals surface area (Å²) in [5, 5.41) is 28.8. The number of aliphatic hydroxyl groups is 1. The number of likely N-dealkylation sites (tertiary alicyclic amines) is 1. The van der Waals surface area contributed by atoms with Crippen LogP contribution in [-0.4, -0.2) is 67.8 Å². The molecule has 0 spiro atoms. The molecule has 2 heterocycles. The van der Waals surface area contributed by atoms with Gasteiger partial charge in [0.2, 0.25) is 11.8 Å². The van der Waals surface area contributed by atoms with E-state index in [-0.39, 0.29) is 12.6 Å². The number of carboxylic acid groups (broad SMARTS) is 2. The van der Waals surface area contributed by atoms with Gasteiger partial charge < -0.3 is 29.4 Å². The number of hydrogen-bond acceptors (Lipinski definition) is 7. The molecule has 1 fully saturated rings. The minimum Gasteiger partial charge on any atom is -0.481 e. The summed E-state index contributed by atoms with van der Waals surface area (Å²) >= 11 is 0. The van der Waals surface area contributed by atoms with Gasteiger partial charge in [-0.2, -0.15) is 0 Å². The highest BCUT2D eigenvalue weighted by Gasteiger charge is 2.48. The van der Waals surface area contributed by atoms with Crippen LogP contribution in [0.25, 0.3) is 22.6 Å². The highest BCUT2D eigenvalue weighted by atomic mass is 16.5. The van der Waals surface area contributed by atoms with Crippen LogP contribution in [0.3, 0.4) is 0 Å². The molecule has 0 radical (unpaired) electrons.